The van der Waals surface area contributed by atoms with Crippen LogP contribution in [0.25, 0.3) is 0 Å². The third-order valence-electron chi connectivity index (χ3n) is 2.78. The molecule has 2 N–H and O–H groups in total. The molecule has 7 heteroatoms. The molecule has 0 saturated carbocycles. The Hall–Kier alpha value is -1.73. The minimum absolute atomic E-state index is 0.127. The summed E-state index contributed by atoms with van der Waals surface area (Å²) in [6, 6.07) is 7.28. The standard InChI is InChI=1S/C14H13BrN2O3S/c1-8(14-17-11(7-21-14)6-12(18)19)13(20)16-10-4-2-9(15)3-5-10/h2-5,7-8H,6H2,1H3,(H,16,20)(H,18,19). The molecule has 0 fully saturated rings. The summed E-state index contributed by atoms with van der Waals surface area (Å²) < 4.78 is 0.937. The van der Waals surface area contributed by atoms with Gasteiger partial charge in [-0.3, -0.25) is 9.59 Å². The molecule has 0 radical (unpaired) electrons. The van der Waals surface area contributed by atoms with E-state index in [1.807, 2.05) is 12.1 Å². The van der Waals surface area contributed by atoms with Crippen LogP contribution < -0.4 is 5.32 Å². The molecular weight excluding hydrogens is 356 g/mol. The zero-order valence-corrected chi connectivity index (χ0v) is 13.6. The Morgan fingerprint density at radius 3 is 2.67 bits per heavy atom. The number of hydrogen-bond acceptors (Lipinski definition) is 4. The van der Waals surface area contributed by atoms with Crippen molar-refractivity contribution in [1.82, 2.24) is 4.98 Å². The minimum atomic E-state index is -0.932. The summed E-state index contributed by atoms with van der Waals surface area (Å²) in [5.41, 5.74) is 1.18. The van der Waals surface area contributed by atoms with Gasteiger partial charge in [0, 0.05) is 15.5 Å². The van der Waals surface area contributed by atoms with Gasteiger partial charge in [0.25, 0.3) is 0 Å². The number of rotatable bonds is 5. The highest BCUT2D eigenvalue weighted by atomic mass is 79.9. The second-order valence-corrected chi connectivity index (χ2v) is 6.27. The van der Waals surface area contributed by atoms with E-state index >= 15 is 0 Å². The van der Waals surface area contributed by atoms with Crippen molar-refractivity contribution >= 4 is 44.8 Å². The summed E-state index contributed by atoms with van der Waals surface area (Å²) in [6.07, 6.45) is -0.127. The molecule has 0 bridgehead atoms. The first kappa shape index (κ1) is 15.7. The molecule has 1 aromatic heterocycles. The first-order chi connectivity index (χ1) is 9.95. The van der Waals surface area contributed by atoms with E-state index in [-0.39, 0.29) is 12.3 Å². The van der Waals surface area contributed by atoms with E-state index in [4.69, 9.17) is 5.11 Å². The number of anilines is 1. The number of nitrogens with zero attached hydrogens (tertiary/aromatic N) is 1. The predicted molar refractivity (Wildman–Crippen MR) is 84.6 cm³/mol. The molecule has 0 spiro atoms. The minimum Gasteiger partial charge on any atom is -0.481 e. The molecule has 110 valence electrons. The fraction of sp³-hybridized carbons (Fsp3) is 0.214. The van der Waals surface area contributed by atoms with Crippen molar-refractivity contribution in [3.05, 3.63) is 44.8 Å². The Balaban J connectivity index is 2.03. The summed E-state index contributed by atoms with van der Waals surface area (Å²) in [5, 5.41) is 13.8. The third kappa shape index (κ3) is 4.37. The highest BCUT2D eigenvalue weighted by Crippen LogP contribution is 2.22. The number of amides is 1. The van der Waals surface area contributed by atoms with Gasteiger partial charge in [0.2, 0.25) is 5.91 Å². The number of carboxylic acids is 1. The van der Waals surface area contributed by atoms with Crippen LogP contribution in [0.5, 0.6) is 0 Å². The van der Waals surface area contributed by atoms with Gasteiger partial charge in [0.15, 0.2) is 0 Å². The molecule has 0 aliphatic carbocycles. The average Bonchev–Trinajstić information content (AvgIpc) is 2.88. The molecule has 2 rings (SSSR count). The van der Waals surface area contributed by atoms with Gasteiger partial charge < -0.3 is 10.4 Å². The highest BCUT2D eigenvalue weighted by Gasteiger charge is 2.19. The number of carboxylic acid groups (broad SMARTS) is 1. The first-order valence-electron chi connectivity index (χ1n) is 6.18. The number of benzene rings is 1. The zero-order valence-electron chi connectivity index (χ0n) is 11.2. The van der Waals surface area contributed by atoms with Gasteiger partial charge >= 0.3 is 5.97 Å². The van der Waals surface area contributed by atoms with Crippen molar-refractivity contribution in [2.45, 2.75) is 19.3 Å². The number of carbonyl (C=O) groups is 2. The van der Waals surface area contributed by atoms with E-state index in [0.29, 0.717) is 16.4 Å². The van der Waals surface area contributed by atoms with Crippen LogP contribution in [-0.4, -0.2) is 22.0 Å². The lowest BCUT2D eigenvalue weighted by molar-refractivity contribution is -0.136. The molecule has 1 amide bonds. The topological polar surface area (TPSA) is 79.3 Å². The van der Waals surface area contributed by atoms with Crippen molar-refractivity contribution in [2.24, 2.45) is 0 Å². The second kappa shape index (κ2) is 6.82. The van der Waals surface area contributed by atoms with Gasteiger partial charge in [-0.15, -0.1) is 11.3 Å². The summed E-state index contributed by atoms with van der Waals surface area (Å²) >= 11 is 4.63. The molecule has 1 aromatic carbocycles. The first-order valence-corrected chi connectivity index (χ1v) is 7.85. The molecule has 0 aliphatic heterocycles. The molecule has 0 aliphatic rings. The number of hydrogen-bond donors (Lipinski definition) is 2. The maximum absolute atomic E-state index is 12.2. The normalized spacial score (nSPS) is 11.9. The number of aliphatic carboxylic acids is 1. The molecule has 2 aromatic rings. The van der Waals surface area contributed by atoms with Crippen LogP contribution in [0.3, 0.4) is 0 Å². The van der Waals surface area contributed by atoms with Crippen molar-refractivity contribution in [2.75, 3.05) is 5.32 Å². The largest absolute Gasteiger partial charge is 0.481 e. The van der Waals surface area contributed by atoms with Crippen LogP contribution >= 0.6 is 27.3 Å². The van der Waals surface area contributed by atoms with Gasteiger partial charge in [-0.25, -0.2) is 4.98 Å². The Morgan fingerprint density at radius 1 is 1.38 bits per heavy atom. The number of carbonyl (C=O) groups excluding carboxylic acids is 1. The smallest absolute Gasteiger partial charge is 0.309 e. The molecule has 1 unspecified atom stereocenters. The maximum atomic E-state index is 12.2. The van der Waals surface area contributed by atoms with Crippen LogP contribution in [0.1, 0.15) is 23.5 Å². The van der Waals surface area contributed by atoms with Gasteiger partial charge in [-0.2, -0.15) is 0 Å². The van der Waals surface area contributed by atoms with Crippen molar-refractivity contribution in [3.63, 3.8) is 0 Å². The SMILES string of the molecule is CC(C(=O)Nc1ccc(Br)cc1)c1nc(CC(=O)O)cs1. The predicted octanol–water partition coefficient (Wildman–Crippen LogP) is 3.27. The third-order valence-corrected chi connectivity index (χ3v) is 4.38. The molecule has 1 heterocycles. The number of thiazole rings is 1. The summed E-state index contributed by atoms with van der Waals surface area (Å²) in [7, 11) is 0. The number of halogens is 1. The number of aromatic nitrogens is 1. The maximum Gasteiger partial charge on any atom is 0.309 e. The highest BCUT2D eigenvalue weighted by molar-refractivity contribution is 9.10. The average molecular weight is 369 g/mol. The van der Waals surface area contributed by atoms with Crippen LogP contribution in [0.15, 0.2) is 34.1 Å². The van der Waals surface area contributed by atoms with E-state index in [1.165, 1.54) is 11.3 Å². The van der Waals surface area contributed by atoms with Crippen LogP contribution in [0.4, 0.5) is 5.69 Å². The fourth-order valence-corrected chi connectivity index (χ4v) is 2.79. The monoisotopic (exact) mass is 368 g/mol. The quantitative estimate of drug-likeness (QED) is 0.848. The van der Waals surface area contributed by atoms with E-state index in [1.54, 1.807) is 24.4 Å². The Morgan fingerprint density at radius 2 is 2.05 bits per heavy atom. The zero-order chi connectivity index (χ0) is 15.4. The summed E-state index contributed by atoms with van der Waals surface area (Å²) in [4.78, 5) is 27.0. The fourth-order valence-electron chi connectivity index (χ4n) is 1.65. The van der Waals surface area contributed by atoms with Gasteiger partial charge in [-0.1, -0.05) is 15.9 Å². The molecule has 0 saturated heterocycles. The summed E-state index contributed by atoms with van der Waals surface area (Å²) in [6.45, 7) is 1.75. The molecular formula is C14H13BrN2O3S. The molecule has 5 nitrogen and oxygen atoms in total. The van der Waals surface area contributed by atoms with E-state index in [9.17, 15) is 9.59 Å². The Labute approximate surface area is 134 Å². The van der Waals surface area contributed by atoms with Crippen molar-refractivity contribution in [1.29, 1.82) is 0 Å². The summed E-state index contributed by atoms with van der Waals surface area (Å²) in [5.74, 6) is -1.53. The Bertz CT molecular complexity index is 654. The van der Waals surface area contributed by atoms with Crippen molar-refractivity contribution in [3.8, 4) is 0 Å². The van der Waals surface area contributed by atoms with Crippen LogP contribution in [-0.2, 0) is 16.0 Å². The van der Waals surface area contributed by atoms with Gasteiger partial charge in [-0.05, 0) is 31.2 Å². The van der Waals surface area contributed by atoms with E-state index in [2.05, 4.69) is 26.2 Å². The Kier molecular flexibility index (Phi) is 5.08. The lowest BCUT2D eigenvalue weighted by Gasteiger charge is -2.09. The lowest BCUT2D eigenvalue weighted by Crippen LogP contribution is -2.18. The van der Waals surface area contributed by atoms with E-state index in [0.717, 1.165) is 4.47 Å². The number of nitrogens with one attached hydrogen (secondary N) is 1. The van der Waals surface area contributed by atoms with Crippen molar-refractivity contribution < 1.29 is 14.7 Å². The lowest BCUT2D eigenvalue weighted by atomic mass is 10.1. The molecule has 1 atom stereocenters. The van der Waals surface area contributed by atoms with Crippen LogP contribution in [0.2, 0.25) is 0 Å². The molecule has 21 heavy (non-hydrogen) atoms. The van der Waals surface area contributed by atoms with Crippen LogP contribution in [0, 0.1) is 0 Å². The van der Waals surface area contributed by atoms with Gasteiger partial charge in [0.05, 0.1) is 18.0 Å². The second-order valence-electron chi connectivity index (χ2n) is 4.47. The van der Waals surface area contributed by atoms with E-state index < -0.39 is 11.9 Å². The van der Waals surface area contributed by atoms with Gasteiger partial charge in [0.1, 0.15) is 5.01 Å².